The molecule has 4 N–H and O–H groups in total. The SMILES string of the molecule is CCCNS(=O)(=O)NC(CCC)C(N)=S. The van der Waals surface area contributed by atoms with Crippen LogP contribution in [0.2, 0.25) is 0 Å². The Morgan fingerprint density at radius 1 is 1.40 bits per heavy atom. The summed E-state index contributed by atoms with van der Waals surface area (Å²) < 4.78 is 27.7. The topological polar surface area (TPSA) is 84.2 Å². The fraction of sp³-hybridized carbons (Fsp3) is 0.875. The van der Waals surface area contributed by atoms with Gasteiger partial charge in [0.05, 0.1) is 11.0 Å². The number of rotatable bonds is 8. The standard InChI is InChI=1S/C8H19N3O2S2/c1-3-5-7(8(9)14)11-15(12,13)10-6-4-2/h7,10-11H,3-6H2,1-2H3,(H2,9,14). The summed E-state index contributed by atoms with van der Waals surface area (Å²) in [5, 5.41) is 0. The van der Waals surface area contributed by atoms with E-state index >= 15 is 0 Å². The molecule has 1 unspecified atom stereocenters. The van der Waals surface area contributed by atoms with Crippen molar-refractivity contribution in [3.8, 4) is 0 Å². The van der Waals surface area contributed by atoms with Crippen LogP contribution in [0.25, 0.3) is 0 Å². The Balaban J connectivity index is 4.32. The van der Waals surface area contributed by atoms with Crippen LogP contribution >= 0.6 is 12.2 Å². The first kappa shape index (κ1) is 14.8. The predicted octanol–water partition coefficient (Wildman–Crippen LogP) is 0.275. The van der Waals surface area contributed by atoms with Crippen LogP contribution in [0.5, 0.6) is 0 Å². The summed E-state index contributed by atoms with van der Waals surface area (Å²) in [6, 6.07) is -0.459. The van der Waals surface area contributed by atoms with Gasteiger partial charge in [-0.3, -0.25) is 0 Å². The van der Waals surface area contributed by atoms with Crippen molar-refractivity contribution in [3.63, 3.8) is 0 Å². The van der Waals surface area contributed by atoms with Crippen molar-refractivity contribution in [1.29, 1.82) is 0 Å². The number of nitrogens with one attached hydrogen (secondary N) is 2. The van der Waals surface area contributed by atoms with E-state index in [9.17, 15) is 8.42 Å². The van der Waals surface area contributed by atoms with Crippen LogP contribution in [-0.4, -0.2) is 26.0 Å². The maximum atomic E-state index is 11.4. The van der Waals surface area contributed by atoms with Crippen LogP contribution in [0.15, 0.2) is 0 Å². The molecule has 0 fully saturated rings. The van der Waals surface area contributed by atoms with Crippen molar-refractivity contribution >= 4 is 27.4 Å². The molecule has 0 radical (unpaired) electrons. The summed E-state index contributed by atoms with van der Waals surface area (Å²) in [5.74, 6) is 0. The van der Waals surface area contributed by atoms with Gasteiger partial charge in [0.25, 0.3) is 10.2 Å². The summed E-state index contributed by atoms with van der Waals surface area (Å²) >= 11 is 4.79. The predicted molar refractivity (Wildman–Crippen MR) is 65.8 cm³/mol. The number of thiocarbonyl (C=S) groups is 1. The molecule has 0 aliphatic carbocycles. The molecule has 15 heavy (non-hydrogen) atoms. The zero-order valence-corrected chi connectivity index (χ0v) is 10.7. The minimum Gasteiger partial charge on any atom is -0.392 e. The van der Waals surface area contributed by atoms with E-state index in [0.717, 1.165) is 12.8 Å². The van der Waals surface area contributed by atoms with Gasteiger partial charge in [-0.2, -0.15) is 13.1 Å². The van der Waals surface area contributed by atoms with E-state index in [1.165, 1.54) is 0 Å². The molecule has 0 aliphatic heterocycles. The Morgan fingerprint density at radius 3 is 2.40 bits per heavy atom. The van der Waals surface area contributed by atoms with Gasteiger partial charge in [-0.05, 0) is 12.8 Å². The van der Waals surface area contributed by atoms with Gasteiger partial charge in [-0.1, -0.05) is 32.5 Å². The van der Waals surface area contributed by atoms with Crippen molar-refractivity contribution in [2.45, 2.75) is 39.2 Å². The lowest BCUT2D eigenvalue weighted by Crippen LogP contribution is -2.48. The number of hydrogen-bond donors (Lipinski definition) is 3. The van der Waals surface area contributed by atoms with Crippen LogP contribution < -0.4 is 15.2 Å². The van der Waals surface area contributed by atoms with E-state index < -0.39 is 16.3 Å². The Kier molecular flexibility index (Phi) is 6.99. The van der Waals surface area contributed by atoms with Crippen molar-refractivity contribution < 1.29 is 8.42 Å². The van der Waals surface area contributed by atoms with Crippen LogP contribution in [0, 0.1) is 0 Å². The third kappa shape index (κ3) is 6.77. The molecule has 0 heterocycles. The van der Waals surface area contributed by atoms with Gasteiger partial charge in [-0.25, -0.2) is 4.72 Å². The van der Waals surface area contributed by atoms with E-state index in [-0.39, 0.29) is 4.99 Å². The Hall–Kier alpha value is -0.240. The molecule has 0 aromatic rings. The maximum Gasteiger partial charge on any atom is 0.277 e. The van der Waals surface area contributed by atoms with E-state index in [1.807, 2.05) is 13.8 Å². The van der Waals surface area contributed by atoms with Gasteiger partial charge >= 0.3 is 0 Å². The largest absolute Gasteiger partial charge is 0.392 e. The summed E-state index contributed by atoms with van der Waals surface area (Å²) in [7, 11) is -3.48. The second kappa shape index (κ2) is 7.10. The Bertz CT molecular complexity index is 290. The molecule has 1 atom stereocenters. The van der Waals surface area contributed by atoms with Crippen molar-refractivity contribution in [2.24, 2.45) is 5.73 Å². The van der Waals surface area contributed by atoms with Crippen LogP contribution in [0.4, 0.5) is 0 Å². The van der Waals surface area contributed by atoms with E-state index in [0.29, 0.717) is 13.0 Å². The Labute approximate surface area is 97.0 Å². The van der Waals surface area contributed by atoms with Crippen LogP contribution in [0.3, 0.4) is 0 Å². The number of hydrogen-bond acceptors (Lipinski definition) is 3. The quantitative estimate of drug-likeness (QED) is 0.542. The zero-order chi connectivity index (χ0) is 11.9. The monoisotopic (exact) mass is 253 g/mol. The molecule has 0 saturated carbocycles. The van der Waals surface area contributed by atoms with Gasteiger partial charge in [0.2, 0.25) is 0 Å². The fourth-order valence-corrected chi connectivity index (χ4v) is 2.44. The lowest BCUT2D eigenvalue weighted by atomic mass is 10.2. The fourth-order valence-electron chi connectivity index (χ4n) is 1.01. The molecule has 7 heteroatoms. The van der Waals surface area contributed by atoms with Gasteiger partial charge in [0.15, 0.2) is 0 Å². The first-order valence-corrected chi connectivity index (χ1v) is 6.88. The molecule has 0 amide bonds. The highest BCUT2D eigenvalue weighted by atomic mass is 32.2. The summed E-state index contributed by atoms with van der Waals surface area (Å²) in [4.78, 5) is 0.179. The number of nitrogens with two attached hydrogens (primary N) is 1. The minimum absolute atomic E-state index is 0.179. The molecule has 90 valence electrons. The van der Waals surface area contributed by atoms with Crippen LogP contribution in [-0.2, 0) is 10.2 Å². The molecule has 0 spiro atoms. The molecule has 0 aromatic heterocycles. The van der Waals surface area contributed by atoms with E-state index in [1.54, 1.807) is 0 Å². The second-order valence-electron chi connectivity index (χ2n) is 3.26. The van der Waals surface area contributed by atoms with E-state index in [4.69, 9.17) is 18.0 Å². The van der Waals surface area contributed by atoms with E-state index in [2.05, 4.69) is 9.44 Å². The molecule has 5 nitrogen and oxygen atoms in total. The first-order valence-electron chi connectivity index (χ1n) is 4.99. The van der Waals surface area contributed by atoms with Gasteiger partial charge in [0, 0.05) is 6.54 Å². The van der Waals surface area contributed by atoms with Crippen LogP contribution in [0.1, 0.15) is 33.1 Å². The molecular formula is C8H19N3O2S2. The normalized spacial score (nSPS) is 13.7. The van der Waals surface area contributed by atoms with Crippen molar-refractivity contribution in [2.75, 3.05) is 6.54 Å². The molecule has 0 aromatic carbocycles. The molecule has 0 saturated heterocycles. The smallest absolute Gasteiger partial charge is 0.277 e. The molecular weight excluding hydrogens is 234 g/mol. The zero-order valence-electron chi connectivity index (χ0n) is 9.12. The highest BCUT2D eigenvalue weighted by Crippen LogP contribution is 1.98. The lowest BCUT2D eigenvalue weighted by Gasteiger charge is -2.16. The molecule has 0 aliphatic rings. The van der Waals surface area contributed by atoms with Crippen molar-refractivity contribution in [1.82, 2.24) is 9.44 Å². The third-order valence-electron chi connectivity index (χ3n) is 1.76. The second-order valence-corrected chi connectivity index (χ2v) is 5.26. The van der Waals surface area contributed by atoms with Gasteiger partial charge < -0.3 is 5.73 Å². The lowest BCUT2D eigenvalue weighted by molar-refractivity contribution is 0.552. The van der Waals surface area contributed by atoms with Gasteiger partial charge in [0.1, 0.15) is 0 Å². The first-order chi connectivity index (χ1) is 6.93. The average Bonchev–Trinajstić information content (AvgIpc) is 2.14. The van der Waals surface area contributed by atoms with Gasteiger partial charge in [-0.15, -0.1) is 0 Å². The highest BCUT2D eigenvalue weighted by Gasteiger charge is 2.18. The summed E-state index contributed by atoms with van der Waals surface area (Å²) in [5.41, 5.74) is 5.44. The summed E-state index contributed by atoms with van der Waals surface area (Å²) in [6.45, 7) is 4.24. The highest BCUT2D eigenvalue weighted by molar-refractivity contribution is 7.87. The minimum atomic E-state index is -3.48. The molecule has 0 bridgehead atoms. The average molecular weight is 253 g/mol. The van der Waals surface area contributed by atoms with Crippen molar-refractivity contribution in [3.05, 3.63) is 0 Å². The maximum absolute atomic E-state index is 11.4. The Morgan fingerprint density at radius 2 is 2.00 bits per heavy atom. The molecule has 0 rings (SSSR count). The summed E-state index contributed by atoms with van der Waals surface area (Å²) in [6.07, 6.45) is 2.17. The third-order valence-corrected chi connectivity index (χ3v) is 3.22.